The van der Waals surface area contributed by atoms with Crippen LogP contribution in [-0.4, -0.2) is 38.5 Å². The third-order valence-corrected chi connectivity index (χ3v) is 4.88. The molecule has 1 aromatic carbocycles. The highest BCUT2D eigenvalue weighted by Gasteiger charge is 2.21. The molecule has 7 heteroatoms. The molecule has 3 aromatic rings. The lowest BCUT2D eigenvalue weighted by Gasteiger charge is -2.19. The smallest absolute Gasteiger partial charge is 0.254 e. The predicted molar refractivity (Wildman–Crippen MR) is 113 cm³/mol. The number of benzene rings is 1. The van der Waals surface area contributed by atoms with Gasteiger partial charge in [0, 0.05) is 30.9 Å². The fourth-order valence-electron chi connectivity index (χ4n) is 3.26. The van der Waals surface area contributed by atoms with Crippen LogP contribution in [0.25, 0.3) is 11.0 Å². The van der Waals surface area contributed by atoms with Gasteiger partial charge in [0.15, 0.2) is 5.65 Å². The molecule has 2 aromatic heterocycles. The van der Waals surface area contributed by atoms with E-state index in [1.807, 2.05) is 30.7 Å². The molecule has 0 aliphatic heterocycles. The van der Waals surface area contributed by atoms with Gasteiger partial charge in [0.1, 0.15) is 0 Å². The van der Waals surface area contributed by atoms with Crippen LogP contribution in [0.15, 0.2) is 36.5 Å². The van der Waals surface area contributed by atoms with E-state index in [0.717, 1.165) is 22.3 Å². The Hall–Kier alpha value is -3.22. The first-order chi connectivity index (χ1) is 13.7. The van der Waals surface area contributed by atoms with Gasteiger partial charge in [-0.05, 0) is 43.5 Å². The average Bonchev–Trinajstić information content (AvgIpc) is 3.11. The summed E-state index contributed by atoms with van der Waals surface area (Å²) < 4.78 is 1.84. The second-order valence-electron chi connectivity index (χ2n) is 7.90. The van der Waals surface area contributed by atoms with E-state index in [-0.39, 0.29) is 17.9 Å². The minimum Gasteiger partial charge on any atom is -0.366 e. The maximum atomic E-state index is 13.3. The van der Waals surface area contributed by atoms with E-state index in [1.165, 1.54) is 0 Å². The Kier molecular flexibility index (Phi) is 5.68. The monoisotopic (exact) mass is 393 g/mol. The Morgan fingerprint density at radius 3 is 2.52 bits per heavy atom. The van der Waals surface area contributed by atoms with Crippen LogP contribution in [0.3, 0.4) is 0 Å². The van der Waals surface area contributed by atoms with E-state index in [1.54, 1.807) is 36.3 Å². The molecule has 0 aliphatic rings. The van der Waals surface area contributed by atoms with E-state index in [2.05, 4.69) is 18.9 Å². The first-order valence-electron chi connectivity index (χ1n) is 9.71. The number of amides is 2. The highest BCUT2D eigenvalue weighted by molar-refractivity contribution is 6.05. The van der Waals surface area contributed by atoms with Crippen molar-refractivity contribution in [3.05, 3.63) is 58.9 Å². The van der Waals surface area contributed by atoms with Gasteiger partial charge in [0.25, 0.3) is 5.91 Å². The summed E-state index contributed by atoms with van der Waals surface area (Å²) in [6.07, 6.45) is 1.71. The SMILES string of the molecule is CC(C)c1cc(C(=O)N(C)Cc2cccc(C(N)=O)c2)c2cnn(C(C)C)c2n1. The van der Waals surface area contributed by atoms with Gasteiger partial charge in [-0.15, -0.1) is 0 Å². The number of rotatable bonds is 6. The van der Waals surface area contributed by atoms with Crippen molar-refractivity contribution in [2.24, 2.45) is 5.73 Å². The fraction of sp³-hybridized carbons (Fsp3) is 0.364. The molecule has 152 valence electrons. The van der Waals surface area contributed by atoms with Crippen molar-refractivity contribution < 1.29 is 9.59 Å². The number of nitrogens with two attached hydrogens (primary N) is 1. The van der Waals surface area contributed by atoms with E-state index < -0.39 is 5.91 Å². The molecule has 2 N–H and O–H groups in total. The Morgan fingerprint density at radius 1 is 1.17 bits per heavy atom. The van der Waals surface area contributed by atoms with Crippen LogP contribution in [0, 0.1) is 0 Å². The number of hydrogen-bond donors (Lipinski definition) is 1. The van der Waals surface area contributed by atoms with Crippen molar-refractivity contribution in [3.8, 4) is 0 Å². The summed E-state index contributed by atoms with van der Waals surface area (Å²) in [5.74, 6) is -0.426. The van der Waals surface area contributed by atoms with Crippen molar-refractivity contribution >= 4 is 22.8 Å². The second-order valence-corrected chi connectivity index (χ2v) is 7.90. The predicted octanol–water partition coefficient (Wildman–Crippen LogP) is 3.51. The minimum atomic E-state index is -0.487. The van der Waals surface area contributed by atoms with Crippen LogP contribution in [-0.2, 0) is 6.54 Å². The van der Waals surface area contributed by atoms with Gasteiger partial charge >= 0.3 is 0 Å². The lowest BCUT2D eigenvalue weighted by molar-refractivity contribution is 0.0786. The fourth-order valence-corrected chi connectivity index (χ4v) is 3.26. The van der Waals surface area contributed by atoms with Crippen LogP contribution in [0.2, 0.25) is 0 Å². The number of carbonyl (C=O) groups is 2. The highest BCUT2D eigenvalue weighted by atomic mass is 16.2. The molecule has 2 heterocycles. The maximum absolute atomic E-state index is 13.3. The van der Waals surface area contributed by atoms with Gasteiger partial charge < -0.3 is 10.6 Å². The van der Waals surface area contributed by atoms with Gasteiger partial charge in [-0.25, -0.2) is 9.67 Å². The molecule has 0 atom stereocenters. The Balaban J connectivity index is 1.99. The normalized spacial score (nSPS) is 11.4. The van der Waals surface area contributed by atoms with Gasteiger partial charge in [0.05, 0.1) is 17.1 Å². The summed E-state index contributed by atoms with van der Waals surface area (Å²) in [7, 11) is 1.74. The number of nitrogens with zero attached hydrogens (tertiary/aromatic N) is 4. The third-order valence-electron chi connectivity index (χ3n) is 4.88. The van der Waals surface area contributed by atoms with E-state index in [9.17, 15) is 9.59 Å². The molecule has 0 radical (unpaired) electrons. The molecule has 2 amide bonds. The molecule has 0 spiro atoms. The van der Waals surface area contributed by atoms with Crippen molar-refractivity contribution in [1.29, 1.82) is 0 Å². The number of primary amides is 1. The molecular formula is C22H27N5O2. The van der Waals surface area contributed by atoms with E-state index >= 15 is 0 Å². The molecule has 3 rings (SSSR count). The topological polar surface area (TPSA) is 94.1 Å². The van der Waals surface area contributed by atoms with Crippen LogP contribution in [0.4, 0.5) is 0 Å². The van der Waals surface area contributed by atoms with Gasteiger partial charge in [-0.3, -0.25) is 9.59 Å². The van der Waals surface area contributed by atoms with E-state index in [0.29, 0.717) is 17.7 Å². The van der Waals surface area contributed by atoms with Gasteiger partial charge in [-0.1, -0.05) is 26.0 Å². The number of aromatic nitrogens is 3. The lowest BCUT2D eigenvalue weighted by Crippen LogP contribution is -2.27. The van der Waals surface area contributed by atoms with Crippen LogP contribution in [0.5, 0.6) is 0 Å². The zero-order valence-corrected chi connectivity index (χ0v) is 17.5. The molecule has 0 saturated heterocycles. The Morgan fingerprint density at radius 2 is 1.90 bits per heavy atom. The van der Waals surface area contributed by atoms with Gasteiger partial charge in [0.2, 0.25) is 5.91 Å². The summed E-state index contributed by atoms with van der Waals surface area (Å²) in [6.45, 7) is 8.54. The number of fused-ring (bicyclic) bond motifs is 1. The van der Waals surface area contributed by atoms with E-state index in [4.69, 9.17) is 10.7 Å². The van der Waals surface area contributed by atoms with Crippen LogP contribution < -0.4 is 5.73 Å². The average molecular weight is 393 g/mol. The van der Waals surface area contributed by atoms with Crippen molar-refractivity contribution in [3.63, 3.8) is 0 Å². The summed E-state index contributed by atoms with van der Waals surface area (Å²) >= 11 is 0. The summed E-state index contributed by atoms with van der Waals surface area (Å²) in [5.41, 5.74) is 8.78. The minimum absolute atomic E-state index is 0.118. The Bertz CT molecular complexity index is 1070. The zero-order chi connectivity index (χ0) is 21.3. The summed E-state index contributed by atoms with van der Waals surface area (Å²) in [4.78, 5) is 31.1. The molecule has 0 saturated carbocycles. The second kappa shape index (κ2) is 8.03. The number of carbonyl (C=O) groups excluding carboxylic acids is 2. The molecule has 0 aliphatic carbocycles. The van der Waals surface area contributed by atoms with Crippen molar-refractivity contribution in [1.82, 2.24) is 19.7 Å². The first-order valence-corrected chi connectivity index (χ1v) is 9.71. The molecule has 0 unspecified atom stereocenters. The summed E-state index contributed by atoms with van der Waals surface area (Å²) in [6, 6.07) is 9.01. The quantitative estimate of drug-likeness (QED) is 0.693. The van der Waals surface area contributed by atoms with Gasteiger partial charge in [-0.2, -0.15) is 5.10 Å². The molecule has 0 fully saturated rings. The van der Waals surface area contributed by atoms with Crippen molar-refractivity contribution in [2.75, 3.05) is 7.05 Å². The van der Waals surface area contributed by atoms with Crippen molar-refractivity contribution in [2.45, 2.75) is 46.2 Å². The molecule has 7 nitrogen and oxygen atoms in total. The lowest BCUT2D eigenvalue weighted by atomic mass is 10.0. The molecule has 29 heavy (non-hydrogen) atoms. The first kappa shape index (κ1) is 20.5. The third kappa shape index (κ3) is 4.13. The maximum Gasteiger partial charge on any atom is 0.254 e. The number of hydrogen-bond acceptors (Lipinski definition) is 4. The largest absolute Gasteiger partial charge is 0.366 e. The summed E-state index contributed by atoms with van der Waals surface area (Å²) in [5, 5.41) is 5.19. The standard InChI is InChI=1S/C22H27N5O2/c1-13(2)19-10-17(18-11-24-27(14(3)4)21(18)25-19)22(29)26(5)12-15-7-6-8-16(9-15)20(23)28/h6-11,13-14H,12H2,1-5H3,(H2,23,28). The van der Waals surface area contributed by atoms with Crippen LogP contribution >= 0.6 is 0 Å². The van der Waals surface area contributed by atoms with Crippen LogP contribution in [0.1, 0.15) is 71.6 Å². The Labute approximate surface area is 170 Å². The highest BCUT2D eigenvalue weighted by Crippen LogP contribution is 2.25. The number of pyridine rings is 1. The molecular weight excluding hydrogens is 366 g/mol. The zero-order valence-electron chi connectivity index (χ0n) is 17.5. The molecule has 0 bridgehead atoms.